The van der Waals surface area contributed by atoms with Crippen molar-refractivity contribution in [2.45, 2.75) is 25.8 Å². The number of methoxy groups -OCH3 is 1. The molecule has 0 saturated carbocycles. The van der Waals surface area contributed by atoms with E-state index < -0.39 is 5.76 Å². The number of hydrogen-bond donors (Lipinski definition) is 0. The fraction of sp³-hybridized carbons (Fsp3) is 0.350. The van der Waals surface area contributed by atoms with Crippen molar-refractivity contribution in [2.75, 3.05) is 20.2 Å². The molecule has 0 bridgehead atoms. The summed E-state index contributed by atoms with van der Waals surface area (Å²) < 4.78 is 11.9. The van der Waals surface area contributed by atoms with Crippen LogP contribution in [0.1, 0.15) is 19.3 Å². The molecule has 0 spiro atoms. The zero-order chi connectivity index (χ0) is 18.8. The molecule has 140 valence electrons. The van der Waals surface area contributed by atoms with Gasteiger partial charge >= 0.3 is 5.76 Å². The fourth-order valence-electron chi connectivity index (χ4n) is 3.52. The van der Waals surface area contributed by atoms with E-state index in [1.54, 1.807) is 12.0 Å². The van der Waals surface area contributed by atoms with Gasteiger partial charge in [-0.25, -0.2) is 4.79 Å². The van der Waals surface area contributed by atoms with Crippen LogP contribution in [0.15, 0.2) is 45.6 Å². The number of nitrogens with zero attached hydrogens (tertiary/aromatic N) is 3. The van der Waals surface area contributed by atoms with Crippen molar-refractivity contribution in [2.24, 2.45) is 0 Å². The zero-order valence-corrected chi connectivity index (χ0v) is 15.2. The van der Waals surface area contributed by atoms with Gasteiger partial charge in [-0.3, -0.25) is 4.79 Å². The minimum Gasteiger partial charge on any atom is -0.496 e. The maximum atomic E-state index is 12.4. The summed E-state index contributed by atoms with van der Waals surface area (Å²) in [6.45, 7) is 1.37. The molecule has 1 aliphatic rings. The highest BCUT2D eigenvalue weighted by molar-refractivity contribution is 5.98. The van der Waals surface area contributed by atoms with Gasteiger partial charge in [0.25, 0.3) is 0 Å². The van der Waals surface area contributed by atoms with Gasteiger partial charge in [-0.1, -0.05) is 24.3 Å². The third-order valence-electron chi connectivity index (χ3n) is 4.93. The number of rotatable bonds is 4. The number of carbonyl (C=O) groups is 1. The monoisotopic (exact) mass is 367 g/mol. The molecule has 1 saturated heterocycles. The average molecular weight is 367 g/mol. The summed E-state index contributed by atoms with van der Waals surface area (Å²) in [5.41, 5.74) is 0.688. The summed E-state index contributed by atoms with van der Waals surface area (Å²) in [4.78, 5) is 26.4. The van der Waals surface area contributed by atoms with Gasteiger partial charge in [0, 0.05) is 24.0 Å². The third kappa shape index (κ3) is 3.32. The predicted octanol–water partition coefficient (Wildman–Crippen LogP) is 2.68. The molecule has 0 aliphatic carbocycles. The number of benzene rings is 2. The molecule has 0 atom stereocenters. The molecule has 0 unspecified atom stereocenters. The Labute approximate surface area is 156 Å². The summed E-state index contributed by atoms with van der Waals surface area (Å²) in [6, 6.07) is 11.3. The van der Waals surface area contributed by atoms with E-state index in [9.17, 15) is 9.59 Å². The lowest BCUT2D eigenvalue weighted by Crippen LogP contribution is -2.39. The molecule has 2 aromatic carbocycles. The number of hydrogen-bond acceptors (Lipinski definition) is 5. The third-order valence-corrected chi connectivity index (χ3v) is 4.93. The fourth-order valence-corrected chi connectivity index (χ4v) is 3.52. The normalized spacial score (nSPS) is 14.5. The number of piperidine rings is 1. The van der Waals surface area contributed by atoms with E-state index in [0.717, 1.165) is 53.6 Å². The van der Waals surface area contributed by atoms with Crippen molar-refractivity contribution in [1.29, 1.82) is 0 Å². The van der Waals surface area contributed by atoms with Crippen molar-refractivity contribution in [1.82, 2.24) is 14.7 Å². The summed E-state index contributed by atoms with van der Waals surface area (Å²) in [6.07, 6.45) is 3.15. The lowest BCUT2D eigenvalue weighted by Gasteiger charge is -2.26. The number of amides is 1. The van der Waals surface area contributed by atoms with Crippen LogP contribution < -0.4 is 10.5 Å². The Morgan fingerprint density at radius 3 is 2.59 bits per heavy atom. The first kappa shape index (κ1) is 17.3. The Hall–Kier alpha value is -3.09. The van der Waals surface area contributed by atoms with E-state index >= 15 is 0 Å². The SMILES string of the molecule is COc1ccc(-c2nn(CC(=O)N3CCCCC3)c(=O)o2)c2ccccc12. The summed E-state index contributed by atoms with van der Waals surface area (Å²) in [5.74, 6) is 0.202. The van der Waals surface area contributed by atoms with Gasteiger partial charge in [0.05, 0.1) is 7.11 Å². The minimum atomic E-state index is -0.629. The topological polar surface area (TPSA) is 77.6 Å². The molecule has 3 aromatic rings. The average Bonchev–Trinajstić information content (AvgIpc) is 3.07. The van der Waals surface area contributed by atoms with Crippen LogP contribution in [0.2, 0.25) is 0 Å². The van der Waals surface area contributed by atoms with Crippen LogP contribution in [0.4, 0.5) is 0 Å². The second-order valence-electron chi connectivity index (χ2n) is 6.63. The summed E-state index contributed by atoms with van der Waals surface area (Å²) in [7, 11) is 1.61. The Morgan fingerprint density at radius 1 is 1.11 bits per heavy atom. The van der Waals surface area contributed by atoms with Crippen molar-refractivity contribution >= 4 is 16.7 Å². The molecule has 7 heteroatoms. The number of aromatic nitrogens is 2. The smallest absolute Gasteiger partial charge is 0.437 e. The number of likely N-dealkylation sites (tertiary alicyclic amines) is 1. The highest BCUT2D eigenvalue weighted by Crippen LogP contribution is 2.33. The predicted molar refractivity (Wildman–Crippen MR) is 101 cm³/mol. The molecule has 7 nitrogen and oxygen atoms in total. The van der Waals surface area contributed by atoms with E-state index in [4.69, 9.17) is 9.15 Å². The lowest BCUT2D eigenvalue weighted by molar-refractivity contribution is -0.133. The van der Waals surface area contributed by atoms with Gasteiger partial charge in [0.1, 0.15) is 12.3 Å². The Morgan fingerprint density at radius 2 is 1.85 bits per heavy atom. The standard InChI is InChI=1S/C20H21N3O4/c1-26-17-10-9-16(14-7-3-4-8-15(14)17)19-21-23(20(25)27-19)13-18(24)22-11-5-2-6-12-22/h3-4,7-10H,2,5-6,11-13H2,1H3. The largest absolute Gasteiger partial charge is 0.496 e. The number of fused-ring (bicyclic) bond motifs is 1. The Kier molecular flexibility index (Phi) is 4.66. The van der Waals surface area contributed by atoms with Crippen LogP contribution in [0, 0.1) is 0 Å². The van der Waals surface area contributed by atoms with Gasteiger partial charge in [-0.2, -0.15) is 4.68 Å². The molecule has 2 heterocycles. The molecule has 1 amide bonds. The Bertz CT molecular complexity index is 1030. The van der Waals surface area contributed by atoms with Gasteiger partial charge in [-0.15, -0.1) is 5.10 Å². The van der Waals surface area contributed by atoms with Crippen LogP contribution in [0.25, 0.3) is 22.2 Å². The van der Waals surface area contributed by atoms with Gasteiger partial charge in [-0.05, 0) is 36.8 Å². The first-order valence-electron chi connectivity index (χ1n) is 9.09. The summed E-state index contributed by atoms with van der Waals surface area (Å²) in [5, 5.41) is 6.04. The maximum absolute atomic E-state index is 12.4. The van der Waals surface area contributed by atoms with E-state index in [0.29, 0.717) is 5.56 Å². The van der Waals surface area contributed by atoms with E-state index in [1.807, 2.05) is 36.4 Å². The molecule has 1 fully saturated rings. The first-order chi connectivity index (χ1) is 13.2. The number of carbonyl (C=O) groups excluding carboxylic acids is 1. The second kappa shape index (κ2) is 7.26. The second-order valence-corrected chi connectivity index (χ2v) is 6.63. The van der Waals surface area contributed by atoms with Gasteiger partial charge in [0.15, 0.2) is 0 Å². The Balaban J connectivity index is 1.67. The van der Waals surface area contributed by atoms with E-state index in [2.05, 4.69) is 5.10 Å². The van der Waals surface area contributed by atoms with Crippen molar-refractivity contribution in [3.8, 4) is 17.2 Å². The molecule has 0 N–H and O–H groups in total. The molecular weight excluding hydrogens is 346 g/mol. The maximum Gasteiger partial charge on any atom is 0.437 e. The molecular formula is C20H21N3O4. The van der Waals surface area contributed by atoms with E-state index in [1.165, 1.54) is 0 Å². The first-order valence-corrected chi connectivity index (χ1v) is 9.09. The van der Waals surface area contributed by atoms with Crippen molar-refractivity contribution in [3.05, 3.63) is 46.9 Å². The van der Waals surface area contributed by atoms with Gasteiger partial charge in [0.2, 0.25) is 11.8 Å². The highest BCUT2D eigenvalue weighted by Gasteiger charge is 2.20. The highest BCUT2D eigenvalue weighted by atomic mass is 16.5. The summed E-state index contributed by atoms with van der Waals surface area (Å²) >= 11 is 0. The van der Waals surface area contributed by atoms with Crippen LogP contribution in [0.3, 0.4) is 0 Å². The van der Waals surface area contributed by atoms with Crippen LogP contribution in [-0.2, 0) is 11.3 Å². The van der Waals surface area contributed by atoms with E-state index in [-0.39, 0.29) is 18.3 Å². The van der Waals surface area contributed by atoms with Crippen molar-refractivity contribution in [3.63, 3.8) is 0 Å². The molecule has 1 aliphatic heterocycles. The lowest BCUT2D eigenvalue weighted by atomic mass is 10.0. The number of ether oxygens (including phenoxy) is 1. The molecule has 0 radical (unpaired) electrons. The van der Waals surface area contributed by atoms with Crippen LogP contribution in [0.5, 0.6) is 5.75 Å². The van der Waals surface area contributed by atoms with Crippen LogP contribution in [-0.4, -0.2) is 40.8 Å². The quantitative estimate of drug-likeness (QED) is 0.708. The zero-order valence-electron chi connectivity index (χ0n) is 15.2. The molecule has 1 aromatic heterocycles. The van der Waals surface area contributed by atoms with Crippen LogP contribution >= 0.6 is 0 Å². The molecule has 27 heavy (non-hydrogen) atoms. The molecule has 4 rings (SSSR count). The minimum absolute atomic E-state index is 0.101. The van der Waals surface area contributed by atoms with Crippen molar-refractivity contribution < 1.29 is 13.9 Å². The van der Waals surface area contributed by atoms with Gasteiger partial charge < -0.3 is 14.1 Å².